The van der Waals surface area contributed by atoms with Crippen LogP contribution in [0.25, 0.3) is 0 Å². The molecule has 0 fully saturated rings. The highest BCUT2D eigenvalue weighted by Gasteiger charge is 1.93. The molecule has 0 aliphatic rings. The highest BCUT2D eigenvalue weighted by Crippen LogP contribution is 2.20. The number of unbranched alkanes of at least 4 members (excludes halogenated alkanes) is 1. The topological polar surface area (TPSA) is 0 Å². The fraction of sp³-hybridized carbons (Fsp3) is 0.333. The minimum atomic E-state index is 0.371. The number of hydrogen-bond acceptors (Lipinski definition) is 1. The van der Waals surface area contributed by atoms with E-state index in [0.717, 1.165) is 18.6 Å². The summed E-state index contributed by atoms with van der Waals surface area (Å²) in [5.74, 6) is 1.10. The molecule has 82 valence electrons. The van der Waals surface area contributed by atoms with Gasteiger partial charge in [-0.05, 0) is 37.7 Å². The molecule has 0 aliphatic carbocycles. The van der Waals surface area contributed by atoms with E-state index < -0.39 is 0 Å². The van der Waals surface area contributed by atoms with Gasteiger partial charge in [0.15, 0.2) is 0 Å². The van der Waals surface area contributed by atoms with E-state index in [1.165, 1.54) is 10.5 Å². The van der Waals surface area contributed by atoms with Crippen molar-refractivity contribution in [2.24, 2.45) is 0 Å². The van der Waals surface area contributed by atoms with E-state index in [4.69, 9.17) is 23.2 Å². The number of rotatable bonds is 5. The van der Waals surface area contributed by atoms with Crippen molar-refractivity contribution in [1.82, 2.24) is 0 Å². The van der Waals surface area contributed by atoms with Crippen molar-refractivity contribution in [2.75, 3.05) is 5.75 Å². The third kappa shape index (κ3) is 6.14. The van der Waals surface area contributed by atoms with Gasteiger partial charge in [0, 0.05) is 4.90 Å². The van der Waals surface area contributed by atoms with Crippen molar-refractivity contribution in [1.29, 1.82) is 0 Å². The number of aryl methyl sites for hydroxylation is 1. The smallest absolute Gasteiger partial charge is 0.102 e. The fourth-order valence-corrected chi connectivity index (χ4v) is 2.21. The molecule has 0 saturated heterocycles. The molecule has 0 N–H and O–H groups in total. The van der Waals surface area contributed by atoms with Crippen LogP contribution in [0.2, 0.25) is 0 Å². The molecule has 15 heavy (non-hydrogen) atoms. The molecule has 0 radical (unpaired) electrons. The van der Waals surface area contributed by atoms with Crippen molar-refractivity contribution in [2.45, 2.75) is 24.7 Å². The Labute approximate surface area is 106 Å². The second-order valence-electron chi connectivity index (χ2n) is 3.30. The molecule has 0 spiro atoms. The number of hydrogen-bond donors (Lipinski definition) is 0. The van der Waals surface area contributed by atoms with E-state index in [-0.39, 0.29) is 0 Å². The van der Waals surface area contributed by atoms with Crippen LogP contribution in [0.15, 0.2) is 39.7 Å². The Bertz CT molecular complexity index is 313. The lowest BCUT2D eigenvalue weighted by Crippen LogP contribution is -1.79. The maximum atomic E-state index is 5.51. The molecule has 0 saturated carbocycles. The van der Waals surface area contributed by atoms with Gasteiger partial charge < -0.3 is 0 Å². The average molecular weight is 261 g/mol. The molecule has 0 heterocycles. The monoisotopic (exact) mass is 260 g/mol. The van der Waals surface area contributed by atoms with Gasteiger partial charge in [-0.15, -0.1) is 11.8 Å². The van der Waals surface area contributed by atoms with Crippen molar-refractivity contribution in [3.63, 3.8) is 0 Å². The van der Waals surface area contributed by atoms with Crippen LogP contribution >= 0.6 is 35.0 Å². The van der Waals surface area contributed by atoms with E-state index in [1.54, 1.807) is 0 Å². The van der Waals surface area contributed by atoms with Gasteiger partial charge >= 0.3 is 0 Å². The summed E-state index contributed by atoms with van der Waals surface area (Å²) in [5, 5.41) is 0. The van der Waals surface area contributed by atoms with E-state index >= 15 is 0 Å². The molecule has 1 aromatic rings. The molecule has 0 unspecified atom stereocenters. The molecule has 0 aliphatic heterocycles. The maximum absolute atomic E-state index is 5.51. The van der Waals surface area contributed by atoms with Gasteiger partial charge in [0.2, 0.25) is 0 Å². The summed E-state index contributed by atoms with van der Waals surface area (Å²) in [4.78, 5) is 1.32. The van der Waals surface area contributed by atoms with Gasteiger partial charge in [-0.3, -0.25) is 0 Å². The Morgan fingerprint density at radius 3 is 2.53 bits per heavy atom. The summed E-state index contributed by atoms with van der Waals surface area (Å²) in [6.45, 7) is 2.10. The molecule has 0 aromatic heterocycles. The van der Waals surface area contributed by atoms with Crippen LogP contribution in [0, 0.1) is 6.92 Å². The standard InChI is InChI=1S/C12H14Cl2S/c1-10-5-7-11(8-6-10)15-9-3-2-4-12(13)14/h4-8H,2-3,9H2,1H3. The predicted octanol–water partition coefficient (Wildman–Crippen LogP) is 5.19. The van der Waals surface area contributed by atoms with Crippen molar-refractivity contribution < 1.29 is 0 Å². The zero-order valence-electron chi connectivity index (χ0n) is 8.67. The lowest BCUT2D eigenvalue weighted by atomic mass is 10.2. The Hall–Kier alpha value is -0.110. The Morgan fingerprint density at radius 2 is 1.93 bits per heavy atom. The highest BCUT2D eigenvalue weighted by atomic mass is 35.5. The normalized spacial score (nSPS) is 10.1. The molecular formula is C12H14Cl2S. The van der Waals surface area contributed by atoms with Crippen molar-refractivity contribution >= 4 is 35.0 Å². The lowest BCUT2D eigenvalue weighted by Gasteiger charge is -2.00. The first-order valence-electron chi connectivity index (χ1n) is 4.89. The average Bonchev–Trinajstić information content (AvgIpc) is 2.20. The van der Waals surface area contributed by atoms with Crippen LogP contribution < -0.4 is 0 Å². The third-order valence-corrected chi connectivity index (χ3v) is 3.34. The van der Waals surface area contributed by atoms with E-state index in [0.29, 0.717) is 4.49 Å². The summed E-state index contributed by atoms with van der Waals surface area (Å²) in [5.41, 5.74) is 1.30. The SMILES string of the molecule is Cc1ccc(SCCCC=C(Cl)Cl)cc1. The zero-order valence-corrected chi connectivity index (χ0v) is 11.0. The summed E-state index contributed by atoms with van der Waals surface area (Å²) in [6, 6.07) is 8.59. The highest BCUT2D eigenvalue weighted by molar-refractivity contribution is 7.99. The van der Waals surface area contributed by atoms with Crippen LogP contribution in [-0.2, 0) is 0 Å². The van der Waals surface area contributed by atoms with E-state index in [9.17, 15) is 0 Å². The number of allylic oxidation sites excluding steroid dienone is 1. The molecule has 3 heteroatoms. The quantitative estimate of drug-likeness (QED) is 0.519. The van der Waals surface area contributed by atoms with Crippen molar-refractivity contribution in [3.05, 3.63) is 40.4 Å². The molecule has 0 nitrogen and oxygen atoms in total. The maximum Gasteiger partial charge on any atom is 0.102 e. The summed E-state index contributed by atoms with van der Waals surface area (Å²) in [6.07, 6.45) is 3.89. The van der Waals surface area contributed by atoms with Gasteiger partial charge in [-0.1, -0.05) is 47.0 Å². The molecule has 0 atom stereocenters. The fourth-order valence-electron chi connectivity index (χ4n) is 1.12. The molecule has 0 amide bonds. The molecule has 1 rings (SSSR count). The van der Waals surface area contributed by atoms with Crippen LogP contribution in [-0.4, -0.2) is 5.75 Å². The van der Waals surface area contributed by atoms with Crippen LogP contribution in [0.4, 0.5) is 0 Å². The second kappa shape index (κ2) is 7.21. The largest absolute Gasteiger partial charge is 0.126 e. The zero-order chi connectivity index (χ0) is 11.1. The minimum Gasteiger partial charge on any atom is -0.126 e. The Balaban J connectivity index is 2.20. The summed E-state index contributed by atoms with van der Waals surface area (Å²) < 4.78 is 0.371. The van der Waals surface area contributed by atoms with Gasteiger partial charge in [0.25, 0.3) is 0 Å². The second-order valence-corrected chi connectivity index (χ2v) is 5.47. The first-order valence-corrected chi connectivity index (χ1v) is 6.63. The molecule has 0 bridgehead atoms. The van der Waals surface area contributed by atoms with Crippen LogP contribution in [0.5, 0.6) is 0 Å². The first-order chi connectivity index (χ1) is 7.18. The number of thioether (sulfide) groups is 1. The summed E-state index contributed by atoms with van der Waals surface area (Å²) in [7, 11) is 0. The third-order valence-electron chi connectivity index (χ3n) is 1.94. The molecule has 1 aromatic carbocycles. The predicted molar refractivity (Wildman–Crippen MR) is 70.9 cm³/mol. The van der Waals surface area contributed by atoms with Gasteiger partial charge in [-0.2, -0.15) is 0 Å². The van der Waals surface area contributed by atoms with E-state index in [1.807, 2.05) is 17.8 Å². The molecular weight excluding hydrogens is 247 g/mol. The van der Waals surface area contributed by atoms with Crippen LogP contribution in [0.3, 0.4) is 0 Å². The lowest BCUT2D eigenvalue weighted by molar-refractivity contribution is 0.971. The number of benzene rings is 1. The van der Waals surface area contributed by atoms with Gasteiger partial charge in [-0.25, -0.2) is 0 Å². The van der Waals surface area contributed by atoms with Gasteiger partial charge in [0.1, 0.15) is 4.49 Å². The van der Waals surface area contributed by atoms with E-state index in [2.05, 4.69) is 31.2 Å². The first kappa shape index (κ1) is 13.0. The van der Waals surface area contributed by atoms with Gasteiger partial charge in [0.05, 0.1) is 0 Å². The summed E-state index contributed by atoms with van der Waals surface area (Å²) >= 11 is 12.9. The van der Waals surface area contributed by atoms with Crippen LogP contribution in [0.1, 0.15) is 18.4 Å². The minimum absolute atomic E-state index is 0.371. The number of halogens is 2. The van der Waals surface area contributed by atoms with Crippen molar-refractivity contribution in [3.8, 4) is 0 Å². The Kier molecular flexibility index (Phi) is 6.23. The Morgan fingerprint density at radius 1 is 1.27 bits per heavy atom.